The van der Waals surface area contributed by atoms with E-state index in [4.69, 9.17) is 0 Å². The van der Waals surface area contributed by atoms with Crippen molar-refractivity contribution in [3.8, 4) is 0 Å². The largest absolute Gasteiger partial charge is 0.300 e. The van der Waals surface area contributed by atoms with Crippen molar-refractivity contribution in [2.24, 2.45) is 11.8 Å². The summed E-state index contributed by atoms with van der Waals surface area (Å²) in [7, 11) is 0. The van der Waals surface area contributed by atoms with E-state index in [-0.39, 0.29) is 0 Å². The van der Waals surface area contributed by atoms with Crippen LogP contribution in [0.1, 0.15) is 31.1 Å². The Morgan fingerprint density at radius 2 is 2.43 bits per heavy atom. The number of hydrogen-bond donors (Lipinski definition) is 0. The van der Waals surface area contributed by atoms with Gasteiger partial charge in [-0.25, -0.2) is 0 Å². The number of hydrogen-bond acceptors (Lipinski definition) is 2. The van der Waals surface area contributed by atoms with Crippen LogP contribution in [0.15, 0.2) is 17.5 Å². The maximum atomic E-state index is 11.4. The third-order valence-corrected chi connectivity index (χ3v) is 4.12. The van der Waals surface area contributed by atoms with Gasteiger partial charge in [-0.15, -0.1) is 11.3 Å². The zero-order valence-corrected chi connectivity index (χ0v) is 9.35. The van der Waals surface area contributed by atoms with Gasteiger partial charge in [0.2, 0.25) is 0 Å². The Morgan fingerprint density at radius 1 is 1.57 bits per heavy atom. The van der Waals surface area contributed by atoms with Crippen LogP contribution in [-0.4, -0.2) is 5.78 Å². The van der Waals surface area contributed by atoms with Gasteiger partial charge in [0.1, 0.15) is 5.78 Å². The molecule has 0 amide bonds. The van der Waals surface area contributed by atoms with E-state index in [2.05, 4.69) is 24.4 Å². The average Bonchev–Trinajstić information content (AvgIpc) is 2.64. The standard InChI is InChI=1S/C12H16OS/c1-9-4-5-11(13)7-10(9)8-12-3-2-6-14-12/h2-3,6,9-10H,4-5,7-8H2,1H3. The van der Waals surface area contributed by atoms with Crippen LogP contribution in [0.25, 0.3) is 0 Å². The van der Waals surface area contributed by atoms with Gasteiger partial charge in [-0.1, -0.05) is 13.0 Å². The van der Waals surface area contributed by atoms with Crippen molar-refractivity contribution in [3.63, 3.8) is 0 Å². The van der Waals surface area contributed by atoms with Gasteiger partial charge < -0.3 is 0 Å². The van der Waals surface area contributed by atoms with Crippen molar-refractivity contribution in [2.75, 3.05) is 0 Å². The Morgan fingerprint density at radius 3 is 3.14 bits per heavy atom. The molecule has 0 spiro atoms. The first-order valence-corrected chi connectivity index (χ1v) is 6.18. The molecule has 2 rings (SSSR count). The van der Waals surface area contributed by atoms with Gasteiger partial charge in [0.25, 0.3) is 0 Å². The molecular formula is C12H16OS. The molecule has 0 radical (unpaired) electrons. The van der Waals surface area contributed by atoms with Gasteiger partial charge >= 0.3 is 0 Å². The van der Waals surface area contributed by atoms with E-state index >= 15 is 0 Å². The third kappa shape index (κ3) is 2.24. The van der Waals surface area contributed by atoms with Crippen LogP contribution in [0.2, 0.25) is 0 Å². The predicted molar refractivity (Wildman–Crippen MR) is 59.5 cm³/mol. The second kappa shape index (κ2) is 4.26. The molecule has 2 heteroatoms. The van der Waals surface area contributed by atoms with Crippen LogP contribution in [0.4, 0.5) is 0 Å². The summed E-state index contributed by atoms with van der Waals surface area (Å²) in [5, 5.41) is 2.12. The van der Waals surface area contributed by atoms with Gasteiger partial charge in [-0.3, -0.25) is 4.79 Å². The van der Waals surface area contributed by atoms with Crippen LogP contribution in [0, 0.1) is 11.8 Å². The number of thiophene rings is 1. The minimum Gasteiger partial charge on any atom is -0.300 e. The highest BCUT2D eigenvalue weighted by Crippen LogP contribution is 2.31. The number of carbonyl (C=O) groups excluding carboxylic acids is 1. The second-order valence-electron chi connectivity index (χ2n) is 4.30. The van der Waals surface area contributed by atoms with Crippen molar-refractivity contribution < 1.29 is 4.79 Å². The van der Waals surface area contributed by atoms with Crippen LogP contribution in [0.5, 0.6) is 0 Å². The fourth-order valence-electron chi connectivity index (χ4n) is 2.18. The fraction of sp³-hybridized carbons (Fsp3) is 0.583. The van der Waals surface area contributed by atoms with Crippen molar-refractivity contribution in [2.45, 2.75) is 32.6 Å². The highest BCUT2D eigenvalue weighted by molar-refractivity contribution is 7.09. The molecule has 2 atom stereocenters. The maximum Gasteiger partial charge on any atom is 0.133 e. The molecule has 1 aliphatic carbocycles. The Bertz CT molecular complexity index is 302. The summed E-state index contributed by atoms with van der Waals surface area (Å²) in [4.78, 5) is 12.8. The van der Waals surface area contributed by atoms with Gasteiger partial charge in [0.15, 0.2) is 0 Å². The molecule has 1 heterocycles. The summed E-state index contributed by atoms with van der Waals surface area (Å²) in [6.45, 7) is 2.28. The first-order valence-electron chi connectivity index (χ1n) is 5.30. The van der Waals surface area contributed by atoms with E-state index in [1.807, 2.05) is 11.3 Å². The third-order valence-electron chi connectivity index (χ3n) is 3.22. The number of rotatable bonds is 2. The topological polar surface area (TPSA) is 17.1 Å². The van der Waals surface area contributed by atoms with Crippen LogP contribution >= 0.6 is 11.3 Å². The van der Waals surface area contributed by atoms with E-state index in [1.54, 1.807) is 0 Å². The lowest BCUT2D eigenvalue weighted by atomic mass is 9.78. The van der Waals surface area contributed by atoms with Gasteiger partial charge in [0.05, 0.1) is 0 Å². The predicted octanol–water partition coefficient (Wildman–Crippen LogP) is 3.30. The van der Waals surface area contributed by atoms with E-state index in [9.17, 15) is 4.79 Å². The Hall–Kier alpha value is -0.630. The fourth-order valence-corrected chi connectivity index (χ4v) is 2.98. The number of carbonyl (C=O) groups is 1. The first kappa shape index (κ1) is 9.91. The lowest BCUT2D eigenvalue weighted by Gasteiger charge is -2.27. The molecule has 0 N–H and O–H groups in total. The molecule has 1 nitrogen and oxygen atoms in total. The van der Waals surface area contributed by atoms with Crippen molar-refractivity contribution in [1.82, 2.24) is 0 Å². The molecule has 0 saturated heterocycles. The molecular weight excluding hydrogens is 192 g/mol. The minimum absolute atomic E-state index is 0.463. The Balaban J connectivity index is 1.99. The van der Waals surface area contributed by atoms with E-state index in [0.29, 0.717) is 11.7 Å². The Kier molecular flexibility index (Phi) is 3.02. The van der Waals surface area contributed by atoms with Crippen LogP contribution in [-0.2, 0) is 11.2 Å². The molecule has 1 saturated carbocycles. The molecule has 1 aliphatic rings. The lowest BCUT2D eigenvalue weighted by Crippen LogP contribution is -2.24. The SMILES string of the molecule is CC1CCC(=O)CC1Cc1cccs1. The number of Topliss-reactive ketones (excluding diaryl/α,β-unsaturated/α-hetero) is 1. The quantitative estimate of drug-likeness (QED) is 0.729. The molecule has 1 fully saturated rings. The molecule has 14 heavy (non-hydrogen) atoms. The van der Waals surface area contributed by atoms with Crippen molar-refractivity contribution in [1.29, 1.82) is 0 Å². The van der Waals surface area contributed by atoms with Gasteiger partial charge in [-0.2, -0.15) is 0 Å². The molecule has 0 bridgehead atoms. The summed E-state index contributed by atoms with van der Waals surface area (Å²) in [6, 6.07) is 4.27. The van der Waals surface area contributed by atoms with E-state index in [0.717, 1.165) is 31.6 Å². The first-order chi connectivity index (χ1) is 6.75. The van der Waals surface area contributed by atoms with Crippen molar-refractivity contribution >= 4 is 17.1 Å². The maximum absolute atomic E-state index is 11.4. The monoisotopic (exact) mass is 208 g/mol. The molecule has 0 aliphatic heterocycles. The lowest BCUT2D eigenvalue weighted by molar-refractivity contribution is -0.122. The zero-order chi connectivity index (χ0) is 9.97. The van der Waals surface area contributed by atoms with E-state index in [1.165, 1.54) is 4.88 Å². The van der Waals surface area contributed by atoms with Crippen molar-refractivity contribution in [3.05, 3.63) is 22.4 Å². The summed E-state index contributed by atoms with van der Waals surface area (Å²) < 4.78 is 0. The smallest absolute Gasteiger partial charge is 0.133 e. The Labute approximate surface area is 89.1 Å². The number of ketones is 1. The normalized spacial score (nSPS) is 27.9. The molecule has 2 unspecified atom stereocenters. The minimum atomic E-state index is 0.463. The molecule has 1 aromatic rings. The summed E-state index contributed by atoms with van der Waals surface area (Å²) in [5.74, 6) is 1.77. The van der Waals surface area contributed by atoms with Crippen LogP contribution in [0.3, 0.4) is 0 Å². The summed E-state index contributed by atoms with van der Waals surface area (Å²) >= 11 is 1.81. The summed E-state index contributed by atoms with van der Waals surface area (Å²) in [5.41, 5.74) is 0. The van der Waals surface area contributed by atoms with E-state index < -0.39 is 0 Å². The molecule has 0 aromatic carbocycles. The summed E-state index contributed by atoms with van der Waals surface area (Å²) in [6.07, 6.45) is 3.81. The second-order valence-corrected chi connectivity index (χ2v) is 5.33. The molecule has 76 valence electrons. The highest BCUT2D eigenvalue weighted by Gasteiger charge is 2.26. The van der Waals surface area contributed by atoms with Crippen LogP contribution < -0.4 is 0 Å². The highest BCUT2D eigenvalue weighted by atomic mass is 32.1. The molecule has 1 aromatic heterocycles. The average molecular weight is 208 g/mol. The van der Waals surface area contributed by atoms with Gasteiger partial charge in [0, 0.05) is 17.7 Å². The zero-order valence-electron chi connectivity index (χ0n) is 8.53. The van der Waals surface area contributed by atoms with Gasteiger partial charge in [-0.05, 0) is 36.1 Å².